The predicted molar refractivity (Wildman–Crippen MR) is 149 cm³/mol. The molecule has 0 unspecified atom stereocenters. The molecule has 0 nitrogen and oxygen atoms in total. The Morgan fingerprint density at radius 2 is 0.564 bits per heavy atom. The summed E-state index contributed by atoms with van der Waals surface area (Å²) in [4.78, 5) is 0. The van der Waals surface area contributed by atoms with E-state index in [-0.39, 0.29) is 58.9 Å². The van der Waals surface area contributed by atoms with Gasteiger partial charge in [-0.25, -0.2) is 0 Å². The van der Waals surface area contributed by atoms with Gasteiger partial charge in [0.2, 0.25) is 0 Å². The molecular weight excluding hydrogens is 575 g/mol. The van der Waals surface area contributed by atoms with Crippen LogP contribution in [0.5, 0.6) is 0 Å². The van der Waals surface area contributed by atoms with Gasteiger partial charge < -0.3 is 37.2 Å². The van der Waals surface area contributed by atoms with E-state index in [4.69, 9.17) is 0 Å². The third kappa shape index (κ3) is 6.44. The largest absolute Gasteiger partial charge is 4.00 e. The molecule has 0 aliphatic carbocycles. The Balaban J connectivity index is 0.00000133. The van der Waals surface area contributed by atoms with Gasteiger partial charge in [-0.3, -0.25) is 0 Å². The normalized spacial score (nSPS) is 9.74. The molecule has 0 aromatic heterocycles. The molecule has 0 aliphatic heterocycles. The smallest absolute Gasteiger partial charge is 1.00 e. The Morgan fingerprint density at radius 3 is 0.872 bits per heavy atom. The monoisotopic (exact) mass is 598 g/mol. The first kappa shape index (κ1) is 32.2. The van der Waals surface area contributed by atoms with Crippen LogP contribution in [0.2, 0.25) is 0 Å². The second-order valence-electron chi connectivity index (χ2n) is 8.71. The first-order chi connectivity index (χ1) is 17.4. The fraction of sp³-hybridized carbons (Fsp3) is 0. The van der Waals surface area contributed by atoms with E-state index in [0.717, 1.165) is 0 Å². The number of hydrogen-bond acceptors (Lipinski definition) is 0. The quantitative estimate of drug-likeness (QED) is 0.203. The van der Waals surface area contributed by atoms with Gasteiger partial charge in [0.15, 0.2) is 0 Å². The molecule has 0 heterocycles. The van der Waals surface area contributed by atoms with E-state index in [1.807, 2.05) is 0 Å². The van der Waals surface area contributed by atoms with E-state index in [1.165, 1.54) is 55.6 Å². The Hall–Kier alpha value is -2.97. The molecule has 0 aliphatic rings. The maximum absolute atomic E-state index is 2.23. The number of benzene rings is 5. The van der Waals surface area contributed by atoms with Crippen molar-refractivity contribution in [2.24, 2.45) is 0 Å². The van der Waals surface area contributed by atoms with Crippen LogP contribution in [0.4, 0.5) is 0 Å². The molecule has 39 heavy (non-hydrogen) atoms. The summed E-state index contributed by atoms with van der Waals surface area (Å²) in [7, 11) is 0. The van der Waals surface area contributed by atoms with Gasteiger partial charge in [-0.05, 0) is 11.1 Å². The Bertz CT molecular complexity index is 1250. The number of rotatable bonds is 5. The fourth-order valence-electron chi connectivity index (χ4n) is 5.09. The third-order valence-corrected chi connectivity index (χ3v) is 6.56. The van der Waals surface area contributed by atoms with Crippen LogP contribution in [0, 0.1) is 0 Å². The third-order valence-electron chi connectivity index (χ3n) is 6.56. The van der Waals surface area contributed by atoms with E-state index >= 15 is 0 Å². The van der Waals surface area contributed by atoms with E-state index in [9.17, 15) is 0 Å². The minimum Gasteiger partial charge on any atom is -1.00 e. The Labute approximate surface area is 264 Å². The van der Waals surface area contributed by atoms with Gasteiger partial charge in [0.25, 0.3) is 0 Å². The zero-order chi connectivity index (χ0) is 23.5. The maximum atomic E-state index is 2.23. The first-order valence-electron chi connectivity index (χ1n) is 12.1. The minimum absolute atomic E-state index is 0. The molecule has 0 spiro atoms. The molecule has 0 saturated carbocycles. The van der Waals surface area contributed by atoms with Crippen molar-refractivity contribution in [2.75, 3.05) is 0 Å². The van der Waals surface area contributed by atoms with Gasteiger partial charge in [-0.2, -0.15) is 0 Å². The van der Waals surface area contributed by atoms with Gasteiger partial charge in [-0.15, -0.1) is 0 Å². The van der Waals surface area contributed by atoms with Crippen molar-refractivity contribution in [1.29, 1.82) is 0 Å². The van der Waals surface area contributed by atoms with E-state index < -0.39 is 0 Å². The molecule has 6 rings (SSSR count). The summed E-state index contributed by atoms with van der Waals surface area (Å²) in [6.07, 6.45) is 0. The minimum atomic E-state index is 0. The summed E-state index contributed by atoms with van der Waals surface area (Å²) >= 11 is 0. The van der Waals surface area contributed by atoms with Gasteiger partial charge in [-0.1, -0.05) is 196 Å². The molecule has 6 aromatic rings. The van der Waals surface area contributed by atoms with Gasteiger partial charge in [0.1, 0.15) is 0 Å². The molecule has 6 aromatic carbocycles. The van der Waals surface area contributed by atoms with Crippen LogP contribution in [0.1, 0.15) is 0 Å². The van der Waals surface area contributed by atoms with Crippen molar-refractivity contribution in [3.8, 4) is 55.6 Å². The maximum Gasteiger partial charge on any atom is 4.00 e. The number of halogens is 3. The summed E-state index contributed by atoms with van der Waals surface area (Å²) in [6, 6.07) is 54.1. The van der Waals surface area contributed by atoms with Crippen LogP contribution in [-0.2, 0) is 21.7 Å². The average Bonchev–Trinajstić information content (AvgIpc) is 3.32. The van der Waals surface area contributed by atoms with Gasteiger partial charge in [0.05, 0.1) is 0 Å². The van der Waals surface area contributed by atoms with Gasteiger partial charge >= 0.3 is 21.7 Å². The molecule has 0 saturated heterocycles. The summed E-state index contributed by atoms with van der Waals surface area (Å²) in [5.41, 5.74) is 12.5. The molecule has 0 N–H and O–H groups in total. The summed E-state index contributed by atoms with van der Waals surface area (Å²) < 4.78 is 0. The van der Waals surface area contributed by atoms with E-state index in [1.54, 1.807) is 0 Å². The molecule has 190 valence electrons. The molecule has 0 fully saturated rings. The first-order valence-corrected chi connectivity index (χ1v) is 12.1. The van der Waals surface area contributed by atoms with Crippen LogP contribution >= 0.6 is 0 Å². The van der Waals surface area contributed by atoms with E-state index in [0.29, 0.717) is 0 Å². The zero-order valence-corrected chi connectivity index (χ0v) is 24.9. The Morgan fingerprint density at radius 1 is 0.308 bits per heavy atom. The summed E-state index contributed by atoms with van der Waals surface area (Å²) in [6.45, 7) is 0. The van der Waals surface area contributed by atoms with Crippen molar-refractivity contribution in [3.63, 3.8) is 0 Å². The van der Waals surface area contributed by atoms with Crippen LogP contribution in [0.3, 0.4) is 0 Å². The standard InChI is InChI=1S/C35H25.3ClH.Ti/c1-6-16-26(17-7-1)31-32(27-18-8-2-9-19-27)34(29-22-12-4-13-23-29)35(30-24-14-5-15-25-30)33(31)28-20-10-3-11-21-28;;;;/h1-25H;3*1H;/q-1;;;;+4/p-3. The van der Waals surface area contributed by atoms with Crippen LogP contribution in [-0.4, -0.2) is 0 Å². The van der Waals surface area contributed by atoms with Crippen molar-refractivity contribution < 1.29 is 58.9 Å². The predicted octanol–water partition coefficient (Wildman–Crippen LogP) is 0.750. The molecule has 4 heteroatoms. The van der Waals surface area contributed by atoms with Crippen molar-refractivity contribution in [3.05, 3.63) is 152 Å². The van der Waals surface area contributed by atoms with E-state index in [2.05, 4.69) is 152 Å². The Kier molecular flexibility index (Phi) is 12.4. The molecular formula is C35H25Cl3Ti. The molecule has 0 amide bonds. The SMILES string of the molecule is [Cl-].[Cl-].[Cl-].[Ti+4].c1ccc(-c2c(-c3ccccc3)c(-c3ccccc3)[c-](-c3ccccc3)c2-c2ccccc2)cc1. The van der Waals surface area contributed by atoms with Crippen LogP contribution in [0.15, 0.2) is 152 Å². The second kappa shape index (κ2) is 15.0. The van der Waals surface area contributed by atoms with Crippen molar-refractivity contribution >= 4 is 0 Å². The molecule has 0 radical (unpaired) electrons. The summed E-state index contributed by atoms with van der Waals surface area (Å²) in [5.74, 6) is 0. The van der Waals surface area contributed by atoms with Crippen molar-refractivity contribution in [1.82, 2.24) is 0 Å². The molecule has 0 atom stereocenters. The molecule has 0 bridgehead atoms. The topological polar surface area (TPSA) is 0 Å². The van der Waals surface area contributed by atoms with Crippen molar-refractivity contribution in [2.45, 2.75) is 0 Å². The van der Waals surface area contributed by atoms with Gasteiger partial charge in [0, 0.05) is 0 Å². The van der Waals surface area contributed by atoms with Crippen LogP contribution in [0.25, 0.3) is 55.6 Å². The van der Waals surface area contributed by atoms with Crippen LogP contribution < -0.4 is 37.2 Å². The zero-order valence-electron chi connectivity index (χ0n) is 21.1. The summed E-state index contributed by atoms with van der Waals surface area (Å²) in [5, 5.41) is 0. The fourth-order valence-corrected chi connectivity index (χ4v) is 5.09. The number of hydrogen-bond donors (Lipinski definition) is 0. The second-order valence-corrected chi connectivity index (χ2v) is 8.71. The average molecular weight is 600 g/mol.